The minimum Gasteiger partial charge on any atom is -0.463 e. The van der Waals surface area contributed by atoms with Gasteiger partial charge in [0, 0.05) is 26.2 Å². The molecule has 4 rings (SSSR count). The molecule has 8 heteroatoms. The lowest BCUT2D eigenvalue weighted by Crippen LogP contribution is -2.48. The van der Waals surface area contributed by atoms with Gasteiger partial charge in [-0.15, -0.1) is 0 Å². The second-order valence-corrected chi connectivity index (χ2v) is 8.88. The van der Waals surface area contributed by atoms with Crippen molar-refractivity contribution in [3.05, 3.63) is 66.1 Å². The van der Waals surface area contributed by atoms with Crippen LogP contribution in [0.2, 0.25) is 0 Å². The summed E-state index contributed by atoms with van der Waals surface area (Å²) in [6.07, 6.45) is 0. The van der Waals surface area contributed by atoms with E-state index >= 15 is 0 Å². The number of piperazine rings is 1. The number of esters is 1. The fourth-order valence-corrected chi connectivity index (χ4v) is 4.96. The van der Waals surface area contributed by atoms with Crippen molar-refractivity contribution >= 4 is 26.8 Å². The molecule has 0 amide bonds. The molecule has 1 saturated heterocycles. The molecular formula is C21H22N2O5S. The smallest absolute Gasteiger partial charge is 0.373 e. The molecule has 29 heavy (non-hydrogen) atoms. The van der Waals surface area contributed by atoms with E-state index < -0.39 is 16.0 Å². The van der Waals surface area contributed by atoms with Crippen LogP contribution in [0.5, 0.6) is 0 Å². The monoisotopic (exact) mass is 414 g/mol. The zero-order valence-corrected chi connectivity index (χ0v) is 16.9. The highest BCUT2D eigenvalue weighted by molar-refractivity contribution is 7.89. The Kier molecular flexibility index (Phi) is 5.40. The summed E-state index contributed by atoms with van der Waals surface area (Å²) in [4.78, 5) is 13.9. The second-order valence-electron chi connectivity index (χ2n) is 6.95. The molecule has 7 nitrogen and oxygen atoms in total. The van der Waals surface area contributed by atoms with Crippen molar-refractivity contribution in [3.63, 3.8) is 0 Å². The van der Waals surface area contributed by atoms with E-state index in [9.17, 15) is 13.2 Å². The van der Waals surface area contributed by atoms with E-state index in [-0.39, 0.29) is 5.76 Å². The zero-order chi connectivity index (χ0) is 20.4. The molecule has 0 unspecified atom stereocenters. The first kappa shape index (κ1) is 19.6. The largest absolute Gasteiger partial charge is 0.463 e. The lowest BCUT2D eigenvalue weighted by Gasteiger charge is -2.33. The first-order valence-corrected chi connectivity index (χ1v) is 10.8. The molecular weight excluding hydrogens is 392 g/mol. The molecule has 0 saturated carbocycles. The number of ether oxygens (including phenoxy) is 1. The van der Waals surface area contributed by atoms with Gasteiger partial charge in [-0.3, -0.25) is 4.90 Å². The van der Waals surface area contributed by atoms with E-state index in [0.717, 1.165) is 10.8 Å². The van der Waals surface area contributed by atoms with Crippen LogP contribution in [0.15, 0.2) is 63.9 Å². The Balaban J connectivity index is 1.41. The summed E-state index contributed by atoms with van der Waals surface area (Å²) in [5.41, 5.74) is 0. The minimum absolute atomic E-state index is 0.167. The molecule has 0 N–H and O–H groups in total. The molecule has 1 aliphatic heterocycles. The number of methoxy groups -OCH3 is 1. The molecule has 0 atom stereocenters. The van der Waals surface area contributed by atoms with Crippen LogP contribution in [0, 0.1) is 0 Å². The SMILES string of the molecule is COC(=O)c1ccc(CN2CCN(S(=O)(=O)c3ccc4ccccc4c3)CC2)o1. The first-order valence-electron chi connectivity index (χ1n) is 9.36. The predicted octanol–water partition coefficient (Wildman–Crippen LogP) is 2.73. The van der Waals surface area contributed by atoms with Crippen LogP contribution in [-0.2, 0) is 21.3 Å². The van der Waals surface area contributed by atoms with Gasteiger partial charge in [0.05, 0.1) is 18.6 Å². The average Bonchev–Trinajstić information content (AvgIpc) is 3.21. The number of carbonyl (C=O) groups is 1. The maximum atomic E-state index is 13.0. The van der Waals surface area contributed by atoms with Crippen LogP contribution in [-0.4, -0.2) is 56.9 Å². The molecule has 3 aromatic rings. The Labute approximate surface area is 169 Å². The number of fused-ring (bicyclic) bond motifs is 1. The lowest BCUT2D eigenvalue weighted by molar-refractivity contribution is 0.0560. The minimum atomic E-state index is -3.54. The molecule has 1 fully saturated rings. The van der Waals surface area contributed by atoms with Gasteiger partial charge in [-0.05, 0) is 35.0 Å². The molecule has 2 aromatic carbocycles. The fraction of sp³-hybridized carbons (Fsp3) is 0.286. The third-order valence-electron chi connectivity index (χ3n) is 5.12. The van der Waals surface area contributed by atoms with Gasteiger partial charge in [-0.2, -0.15) is 4.31 Å². The number of furan rings is 1. The molecule has 0 aliphatic carbocycles. The summed E-state index contributed by atoms with van der Waals surface area (Å²) < 4.78 is 37.7. The number of hydrogen-bond acceptors (Lipinski definition) is 6. The summed E-state index contributed by atoms with van der Waals surface area (Å²) in [5.74, 6) is 0.304. The molecule has 0 spiro atoms. The Morgan fingerprint density at radius 2 is 1.72 bits per heavy atom. The Morgan fingerprint density at radius 1 is 1.00 bits per heavy atom. The topological polar surface area (TPSA) is 80.1 Å². The average molecular weight is 414 g/mol. The maximum Gasteiger partial charge on any atom is 0.373 e. The van der Waals surface area contributed by atoms with Crippen LogP contribution >= 0.6 is 0 Å². The van der Waals surface area contributed by atoms with E-state index in [1.807, 2.05) is 30.3 Å². The van der Waals surface area contributed by atoms with Crippen LogP contribution in [0.25, 0.3) is 10.8 Å². The van der Waals surface area contributed by atoms with Crippen molar-refractivity contribution < 1.29 is 22.4 Å². The third kappa shape index (κ3) is 4.05. The van der Waals surface area contributed by atoms with Gasteiger partial charge in [-0.25, -0.2) is 13.2 Å². The van der Waals surface area contributed by atoms with Crippen LogP contribution in [0.4, 0.5) is 0 Å². The predicted molar refractivity (Wildman–Crippen MR) is 108 cm³/mol. The van der Waals surface area contributed by atoms with Crippen molar-refractivity contribution in [3.8, 4) is 0 Å². The van der Waals surface area contributed by atoms with E-state index in [0.29, 0.717) is 43.4 Å². The summed E-state index contributed by atoms with van der Waals surface area (Å²) >= 11 is 0. The number of nitrogens with zero attached hydrogens (tertiary/aromatic N) is 2. The summed E-state index contributed by atoms with van der Waals surface area (Å²) in [6.45, 7) is 2.49. The highest BCUT2D eigenvalue weighted by Crippen LogP contribution is 2.23. The summed E-state index contributed by atoms with van der Waals surface area (Å²) in [7, 11) is -2.23. The number of hydrogen-bond donors (Lipinski definition) is 0. The van der Waals surface area contributed by atoms with Crippen LogP contribution < -0.4 is 0 Å². The van der Waals surface area contributed by atoms with Crippen molar-refractivity contribution in [2.75, 3.05) is 33.3 Å². The number of benzene rings is 2. The van der Waals surface area contributed by atoms with Gasteiger partial charge >= 0.3 is 5.97 Å². The molecule has 1 aliphatic rings. The van der Waals surface area contributed by atoms with Gasteiger partial charge in [0.25, 0.3) is 0 Å². The van der Waals surface area contributed by atoms with Gasteiger partial charge in [0.15, 0.2) is 0 Å². The van der Waals surface area contributed by atoms with Crippen LogP contribution in [0.1, 0.15) is 16.3 Å². The van der Waals surface area contributed by atoms with E-state index in [4.69, 9.17) is 4.42 Å². The Morgan fingerprint density at radius 3 is 2.45 bits per heavy atom. The van der Waals surface area contributed by atoms with Gasteiger partial charge in [-0.1, -0.05) is 30.3 Å². The highest BCUT2D eigenvalue weighted by atomic mass is 32.2. The van der Waals surface area contributed by atoms with Crippen molar-refractivity contribution in [2.24, 2.45) is 0 Å². The highest BCUT2D eigenvalue weighted by Gasteiger charge is 2.29. The molecule has 1 aromatic heterocycles. The summed E-state index contributed by atoms with van der Waals surface area (Å²) in [5, 5.41) is 1.92. The van der Waals surface area contributed by atoms with Crippen molar-refractivity contribution in [1.29, 1.82) is 0 Å². The Hall–Kier alpha value is -2.68. The first-order chi connectivity index (χ1) is 14.0. The standard InChI is InChI=1S/C21H22N2O5S/c1-27-21(24)20-9-7-18(28-20)15-22-10-12-23(13-11-22)29(25,26)19-8-6-16-4-2-3-5-17(16)14-19/h2-9,14H,10-13,15H2,1H3. The Bertz CT molecular complexity index is 1130. The van der Waals surface area contributed by atoms with Crippen molar-refractivity contribution in [1.82, 2.24) is 9.21 Å². The van der Waals surface area contributed by atoms with Crippen LogP contribution in [0.3, 0.4) is 0 Å². The summed E-state index contributed by atoms with van der Waals surface area (Å²) in [6, 6.07) is 16.3. The molecule has 152 valence electrons. The lowest BCUT2D eigenvalue weighted by atomic mass is 10.1. The van der Waals surface area contributed by atoms with Crippen molar-refractivity contribution in [2.45, 2.75) is 11.4 Å². The van der Waals surface area contributed by atoms with E-state index in [2.05, 4.69) is 9.64 Å². The third-order valence-corrected chi connectivity index (χ3v) is 7.01. The molecule has 0 bridgehead atoms. The fourth-order valence-electron chi connectivity index (χ4n) is 3.50. The number of sulfonamides is 1. The molecule has 0 radical (unpaired) electrons. The van der Waals surface area contributed by atoms with E-state index in [1.165, 1.54) is 11.4 Å². The second kappa shape index (κ2) is 7.98. The molecule has 2 heterocycles. The maximum absolute atomic E-state index is 13.0. The number of rotatable bonds is 5. The van der Waals surface area contributed by atoms with Gasteiger partial charge < -0.3 is 9.15 Å². The number of carbonyl (C=O) groups excluding carboxylic acids is 1. The quantitative estimate of drug-likeness (QED) is 0.598. The zero-order valence-electron chi connectivity index (χ0n) is 16.1. The van der Waals surface area contributed by atoms with E-state index in [1.54, 1.807) is 24.3 Å². The van der Waals surface area contributed by atoms with Gasteiger partial charge in [0.2, 0.25) is 15.8 Å². The normalized spacial score (nSPS) is 16.2. The van der Waals surface area contributed by atoms with Gasteiger partial charge in [0.1, 0.15) is 5.76 Å².